The van der Waals surface area contributed by atoms with Gasteiger partial charge in [0.25, 0.3) is 0 Å². The first kappa shape index (κ1) is 16.8. The molecule has 1 aromatic rings. The molecule has 5 rings (SSSR count). The van der Waals surface area contributed by atoms with Crippen LogP contribution in [0, 0.1) is 23.2 Å². The third kappa shape index (κ3) is 2.00. The number of carbonyl (C=O) groups excluding carboxylic acids is 1. The summed E-state index contributed by atoms with van der Waals surface area (Å²) in [5.74, 6) is 2.09. The van der Waals surface area contributed by atoms with Gasteiger partial charge in [-0.15, -0.1) is 0 Å². The van der Waals surface area contributed by atoms with E-state index in [0.717, 1.165) is 25.0 Å². The fourth-order valence-electron chi connectivity index (χ4n) is 6.74. The molecule has 0 radical (unpaired) electrons. The molecule has 2 saturated carbocycles. The number of hydrogen-bond acceptors (Lipinski definition) is 4. The lowest BCUT2D eigenvalue weighted by molar-refractivity contribution is -0.235. The Morgan fingerprint density at radius 3 is 2.73 bits per heavy atom. The Labute approximate surface area is 155 Å². The van der Waals surface area contributed by atoms with Crippen LogP contribution in [-0.4, -0.2) is 31.9 Å². The van der Waals surface area contributed by atoms with Crippen molar-refractivity contribution >= 4 is 5.78 Å². The molecule has 3 fully saturated rings. The van der Waals surface area contributed by atoms with Crippen LogP contribution < -0.4 is 4.74 Å². The van der Waals surface area contributed by atoms with E-state index in [4.69, 9.17) is 14.2 Å². The molecular weight excluding hydrogens is 328 g/mol. The highest BCUT2D eigenvalue weighted by Gasteiger charge is 2.67. The van der Waals surface area contributed by atoms with E-state index in [9.17, 15) is 4.79 Å². The lowest BCUT2D eigenvalue weighted by Crippen LogP contribution is -2.55. The van der Waals surface area contributed by atoms with Gasteiger partial charge in [-0.25, -0.2) is 0 Å². The molecule has 1 aromatic carbocycles. The highest BCUT2D eigenvalue weighted by molar-refractivity contribution is 5.89. The number of rotatable bonds is 1. The average molecular weight is 356 g/mol. The Kier molecular flexibility index (Phi) is 3.58. The summed E-state index contributed by atoms with van der Waals surface area (Å²) in [6, 6.07) is 6.26. The van der Waals surface area contributed by atoms with Gasteiger partial charge in [-0.1, -0.05) is 19.9 Å². The zero-order valence-electron chi connectivity index (χ0n) is 15.9. The van der Waals surface area contributed by atoms with Crippen LogP contribution in [0.15, 0.2) is 18.2 Å². The summed E-state index contributed by atoms with van der Waals surface area (Å²) in [6.45, 7) is 5.88. The zero-order chi connectivity index (χ0) is 18.1. The third-order valence-electron chi connectivity index (χ3n) is 7.85. The summed E-state index contributed by atoms with van der Waals surface area (Å²) in [4.78, 5) is 13.4. The maximum atomic E-state index is 13.4. The van der Waals surface area contributed by atoms with Crippen molar-refractivity contribution in [3.05, 3.63) is 29.3 Å². The molecular formula is C22H28O4. The van der Waals surface area contributed by atoms with E-state index >= 15 is 0 Å². The van der Waals surface area contributed by atoms with Crippen LogP contribution in [0.5, 0.6) is 5.75 Å². The summed E-state index contributed by atoms with van der Waals surface area (Å²) in [6.07, 6.45) is 3.60. The van der Waals surface area contributed by atoms with E-state index in [0.29, 0.717) is 43.2 Å². The molecule has 4 nitrogen and oxygen atoms in total. The van der Waals surface area contributed by atoms with Gasteiger partial charge in [-0.2, -0.15) is 0 Å². The topological polar surface area (TPSA) is 44.8 Å². The van der Waals surface area contributed by atoms with Crippen LogP contribution in [0.25, 0.3) is 0 Å². The molecule has 0 bridgehead atoms. The maximum Gasteiger partial charge on any atom is 0.174 e. The number of ether oxygens (including phenoxy) is 3. The third-order valence-corrected chi connectivity index (χ3v) is 7.85. The van der Waals surface area contributed by atoms with Crippen molar-refractivity contribution in [2.24, 2.45) is 23.2 Å². The SMILES string of the molecule is COc1ccc2c(c1)C[C@@H](C)[C@@H]1[C@@H]2C(=O)C[C@@]2(C)[C@H]1CCC21OCCO1. The summed E-state index contributed by atoms with van der Waals surface area (Å²) in [7, 11) is 1.70. The maximum absolute atomic E-state index is 13.4. The highest BCUT2D eigenvalue weighted by Crippen LogP contribution is 2.66. The first-order valence-electron chi connectivity index (χ1n) is 9.96. The molecule has 4 heteroatoms. The summed E-state index contributed by atoms with van der Waals surface area (Å²) >= 11 is 0. The number of benzene rings is 1. The Morgan fingerprint density at radius 2 is 2.00 bits per heavy atom. The van der Waals surface area contributed by atoms with Crippen molar-refractivity contribution in [2.45, 2.75) is 51.2 Å². The number of methoxy groups -OCH3 is 1. The van der Waals surface area contributed by atoms with Crippen LogP contribution in [-0.2, 0) is 20.7 Å². The van der Waals surface area contributed by atoms with Gasteiger partial charge in [-0.3, -0.25) is 4.79 Å². The molecule has 1 spiro atoms. The second-order valence-electron chi connectivity index (χ2n) is 8.96. The monoisotopic (exact) mass is 356 g/mol. The molecule has 1 aliphatic heterocycles. The molecule has 0 aromatic heterocycles. The fourth-order valence-corrected chi connectivity index (χ4v) is 6.74. The first-order chi connectivity index (χ1) is 12.5. The van der Waals surface area contributed by atoms with E-state index in [1.807, 2.05) is 6.07 Å². The molecule has 0 unspecified atom stereocenters. The molecule has 0 amide bonds. The largest absolute Gasteiger partial charge is 0.497 e. The summed E-state index contributed by atoms with van der Waals surface area (Å²) in [5.41, 5.74) is 2.33. The van der Waals surface area contributed by atoms with Crippen molar-refractivity contribution in [3.8, 4) is 5.75 Å². The number of fused-ring (bicyclic) bond motifs is 6. The van der Waals surface area contributed by atoms with Crippen molar-refractivity contribution in [1.29, 1.82) is 0 Å². The van der Waals surface area contributed by atoms with E-state index in [-0.39, 0.29) is 11.3 Å². The fraction of sp³-hybridized carbons (Fsp3) is 0.682. The molecule has 3 aliphatic carbocycles. The van der Waals surface area contributed by atoms with Gasteiger partial charge in [0.05, 0.1) is 20.3 Å². The molecule has 26 heavy (non-hydrogen) atoms. The predicted molar refractivity (Wildman–Crippen MR) is 97.2 cm³/mol. The van der Waals surface area contributed by atoms with Crippen molar-refractivity contribution in [2.75, 3.05) is 20.3 Å². The lowest BCUT2D eigenvalue weighted by atomic mass is 9.52. The number of hydrogen-bond donors (Lipinski definition) is 0. The minimum atomic E-state index is -0.530. The molecule has 4 aliphatic rings. The van der Waals surface area contributed by atoms with Crippen LogP contribution in [0.1, 0.15) is 50.2 Å². The van der Waals surface area contributed by atoms with Gasteiger partial charge < -0.3 is 14.2 Å². The Hall–Kier alpha value is -1.39. The predicted octanol–water partition coefficient (Wildman–Crippen LogP) is 3.72. The van der Waals surface area contributed by atoms with Crippen LogP contribution in [0.3, 0.4) is 0 Å². The molecule has 0 N–H and O–H groups in total. The van der Waals surface area contributed by atoms with Gasteiger partial charge in [0.1, 0.15) is 11.5 Å². The summed E-state index contributed by atoms with van der Waals surface area (Å²) < 4.78 is 17.7. The Morgan fingerprint density at radius 1 is 1.23 bits per heavy atom. The second kappa shape index (κ2) is 5.56. The van der Waals surface area contributed by atoms with Gasteiger partial charge in [-0.05, 0) is 53.9 Å². The molecule has 1 saturated heterocycles. The summed E-state index contributed by atoms with van der Waals surface area (Å²) in [5, 5.41) is 0. The number of Topliss-reactive ketones (excluding diaryl/α,β-unsaturated/α-hetero) is 1. The Bertz CT molecular complexity index is 751. The highest BCUT2D eigenvalue weighted by atomic mass is 16.7. The van der Waals surface area contributed by atoms with E-state index < -0.39 is 5.79 Å². The quantitative estimate of drug-likeness (QED) is 0.769. The zero-order valence-corrected chi connectivity index (χ0v) is 15.9. The van der Waals surface area contributed by atoms with Crippen LogP contribution >= 0.6 is 0 Å². The van der Waals surface area contributed by atoms with Gasteiger partial charge in [0.2, 0.25) is 0 Å². The minimum absolute atomic E-state index is 0.0225. The van der Waals surface area contributed by atoms with Crippen molar-refractivity contribution in [3.63, 3.8) is 0 Å². The van der Waals surface area contributed by atoms with Gasteiger partial charge in [0.15, 0.2) is 5.79 Å². The van der Waals surface area contributed by atoms with E-state index in [1.165, 1.54) is 11.1 Å². The number of ketones is 1. The molecule has 5 atom stereocenters. The standard InChI is InChI=1S/C22H28O4/c1-13-10-14-11-15(24-3)4-5-16(14)20-18(23)12-21(2)17(19(13)20)6-7-22(21)25-8-9-26-22/h4-5,11,13,17,19-20H,6-10,12H2,1-3H3/t13-,17+,19+,20+,21+/m1/s1. The van der Waals surface area contributed by atoms with Gasteiger partial charge in [0, 0.05) is 24.2 Å². The van der Waals surface area contributed by atoms with Crippen LogP contribution in [0.4, 0.5) is 0 Å². The molecule has 140 valence electrons. The first-order valence-corrected chi connectivity index (χ1v) is 9.96. The van der Waals surface area contributed by atoms with Crippen molar-refractivity contribution in [1.82, 2.24) is 0 Å². The van der Waals surface area contributed by atoms with E-state index in [2.05, 4.69) is 26.0 Å². The Balaban J connectivity index is 1.58. The smallest absolute Gasteiger partial charge is 0.174 e. The molecule has 1 heterocycles. The normalized spacial score (nSPS) is 40.2. The van der Waals surface area contributed by atoms with Crippen molar-refractivity contribution < 1.29 is 19.0 Å². The average Bonchev–Trinajstić information content (AvgIpc) is 3.21. The second-order valence-corrected chi connectivity index (χ2v) is 8.96. The minimum Gasteiger partial charge on any atom is -0.497 e. The van der Waals surface area contributed by atoms with Crippen LogP contribution in [0.2, 0.25) is 0 Å². The lowest BCUT2D eigenvalue weighted by Gasteiger charge is -2.53. The van der Waals surface area contributed by atoms with E-state index in [1.54, 1.807) is 7.11 Å². The number of carbonyl (C=O) groups is 1. The van der Waals surface area contributed by atoms with Gasteiger partial charge >= 0.3 is 0 Å².